The van der Waals surface area contributed by atoms with Gasteiger partial charge in [-0.2, -0.15) is 0 Å². The van der Waals surface area contributed by atoms with Gasteiger partial charge in [-0.15, -0.1) is 0 Å². The Morgan fingerprint density at radius 1 is 0.638 bits per heavy atom. The second-order valence-corrected chi connectivity index (χ2v) is 21.9. The van der Waals surface area contributed by atoms with E-state index in [0.717, 1.165) is 119 Å². The maximum absolute atomic E-state index is 13.2. The lowest BCUT2D eigenvalue weighted by Gasteiger charge is -2.64. The van der Waals surface area contributed by atoms with E-state index < -0.39 is 0 Å². The van der Waals surface area contributed by atoms with E-state index in [9.17, 15) is 9.59 Å². The van der Waals surface area contributed by atoms with E-state index in [1.165, 1.54) is 44.5 Å². The maximum Gasteiger partial charge on any atom is 0.258 e. The van der Waals surface area contributed by atoms with E-state index >= 15 is 0 Å². The second kappa shape index (κ2) is 14.2. The summed E-state index contributed by atoms with van der Waals surface area (Å²) in [5, 5.41) is 5.22. The van der Waals surface area contributed by atoms with Crippen molar-refractivity contribution in [1.82, 2.24) is 19.8 Å². The summed E-state index contributed by atoms with van der Waals surface area (Å²) in [6.45, 7) is 19.5. The minimum absolute atomic E-state index is 0.0109. The van der Waals surface area contributed by atoms with Crippen LogP contribution in [-0.4, -0.2) is 77.9 Å². The van der Waals surface area contributed by atoms with Crippen LogP contribution < -0.4 is 19.7 Å². The maximum atomic E-state index is 13.2. The third-order valence-electron chi connectivity index (χ3n) is 19.5. The van der Waals surface area contributed by atoms with Crippen LogP contribution in [-0.2, 0) is 36.5 Å². The molecule has 354 valence electrons. The van der Waals surface area contributed by atoms with Gasteiger partial charge in [-0.3, -0.25) is 9.59 Å². The number of anilines is 2. The number of hydrogen-bond acceptors (Lipinski definition) is 8. The van der Waals surface area contributed by atoms with Crippen molar-refractivity contribution in [2.24, 2.45) is 10.8 Å². The van der Waals surface area contributed by atoms with Gasteiger partial charge < -0.3 is 29.5 Å². The first-order chi connectivity index (χ1) is 33.3. The standard InChI is InChI=1S/C28H27N3O2.C27H25N3O2.2C2H6/c1-14-8-9-15-12-19-27(2)13-17-22(25-28(27,10-11-30(19)3)21(15)24(14)33-25)29-18-7-5-6-16-20(18)23(17)31(4)26(16)32;1-13-7-8-14-11-18-26(2)12-16-21-19-15(25(31)29-21)5-4-6-17(19)28-22(16)24-27(26,9-10-30(18)3)20(14)23(13)32-24;2*1-2/h5-9,19,25H,10-13H2,1-4H3;4-8,18,24H,9-12H2,1-3H3,(H,29,31);2*1-2H3/t19-,25+,27+,28+;18-,24+,26+,27+;;/m11../s1. The lowest BCUT2D eigenvalue weighted by atomic mass is 9.44. The molecular formula is C59H64N6O4. The zero-order valence-electron chi connectivity index (χ0n) is 42.1. The number of benzene rings is 4. The summed E-state index contributed by atoms with van der Waals surface area (Å²) in [5.41, 5.74) is 18.0. The van der Waals surface area contributed by atoms with Crippen molar-refractivity contribution in [3.63, 3.8) is 0 Å². The van der Waals surface area contributed by atoms with Crippen molar-refractivity contribution in [2.75, 3.05) is 44.4 Å². The minimum Gasteiger partial charge on any atom is -0.483 e. The van der Waals surface area contributed by atoms with Crippen LogP contribution >= 0.6 is 0 Å². The van der Waals surface area contributed by atoms with Crippen LogP contribution in [0.5, 0.6) is 11.5 Å². The number of piperidine rings is 2. The third-order valence-corrected chi connectivity index (χ3v) is 19.5. The number of aromatic nitrogens is 2. The lowest BCUT2D eigenvalue weighted by Crippen LogP contribution is -2.68. The van der Waals surface area contributed by atoms with Gasteiger partial charge in [0.05, 0.1) is 55.8 Å². The van der Waals surface area contributed by atoms with Crippen molar-refractivity contribution in [3.8, 4) is 11.5 Å². The molecule has 8 atom stereocenters. The van der Waals surface area contributed by atoms with Crippen molar-refractivity contribution < 1.29 is 19.1 Å². The van der Waals surface area contributed by atoms with Gasteiger partial charge in [-0.25, -0.2) is 9.97 Å². The fourth-order valence-electron chi connectivity index (χ4n) is 16.5. The number of fused-ring (bicyclic) bond motifs is 6. The van der Waals surface area contributed by atoms with Crippen LogP contribution in [0, 0.1) is 24.7 Å². The Bertz CT molecular complexity index is 3330. The van der Waals surface area contributed by atoms with Gasteiger partial charge in [0.2, 0.25) is 0 Å². The molecule has 69 heavy (non-hydrogen) atoms. The largest absolute Gasteiger partial charge is 0.483 e. The molecule has 0 radical (unpaired) electrons. The Hall–Kier alpha value is -5.84. The summed E-state index contributed by atoms with van der Waals surface area (Å²) in [5.74, 6) is 2.24. The Kier molecular flexibility index (Phi) is 8.86. The molecule has 1 N–H and O–H groups in total. The molecule has 16 rings (SSSR count). The Morgan fingerprint density at radius 2 is 1.13 bits per heavy atom. The Morgan fingerprint density at radius 3 is 1.68 bits per heavy atom. The molecule has 10 nitrogen and oxygen atoms in total. The van der Waals surface area contributed by atoms with Gasteiger partial charge in [-0.1, -0.05) is 77.9 Å². The average Bonchev–Trinajstić information content (AvgIpc) is 4.08. The molecule has 2 amide bonds. The summed E-state index contributed by atoms with van der Waals surface area (Å²) in [6.07, 6.45) is 5.89. The average molecular weight is 921 g/mol. The predicted molar refractivity (Wildman–Crippen MR) is 272 cm³/mol. The molecule has 4 aliphatic carbocycles. The lowest BCUT2D eigenvalue weighted by molar-refractivity contribution is -0.0908. The summed E-state index contributed by atoms with van der Waals surface area (Å²) < 4.78 is 13.9. The van der Waals surface area contributed by atoms with E-state index in [0.29, 0.717) is 12.1 Å². The molecular weight excluding hydrogens is 857 g/mol. The highest BCUT2D eigenvalue weighted by atomic mass is 16.5. The molecule has 4 aromatic carbocycles. The van der Waals surface area contributed by atoms with Crippen molar-refractivity contribution in [2.45, 2.75) is 129 Å². The van der Waals surface area contributed by atoms with Crippen LogP contribution in [0.15, 0.2) is 60.7 Å². The van der Waals surface area contributed by atoms with Crippen LogP contribution in [0.25, 0.3) is 21.8 Å². The number of aryl methyl sites for hydroxylation is 2. The van der Waals surface area contributed by atoms with Crippen molar-refractivity contribution >= 4 is 45.0 Å². The van der Waals surface area contributed by atoms with Gasteiger partial charge in [0.1, 0.15) is 11.5 Å². The van der Waals surface area contributed by atoms with Crippen LogP contribution in [0.1, 0.15) is 143 Å². The first kappa shape index (κ1) is 43.2. The minimum atomic E-state index is -0.107. The number of amides is 2. The van der Waals surface area contributed by atoms with Gasteiger partial charge >= 0.3 is 0 Å². The van der Waals surface area contributed by atoms with Gasteiger partial charge in [0.25, 0.3) is 11.8 Å². The monoisotopic (exact) mass is 920 g/mol. The molecule has 2 saturated heterocycles. The number of nitrogens with zero attached hydrogens (tertiary/aromatic N) is 5. The predicted octanol–water partition coefficient (Wildman–Crippen LogP) is 10.7. The molecule has 8 heterocycles. The third kappa shape index (κ3) is 4.81. The number of carbonyl (C=O) groups is 2. The van der Waals surface area contributed by atoms with Crippen molar-refractivity contribution in [3.05, 3.63) is 128 Å². The van der Waals surface area contributed by atoms with Gasteiger partial charge in [0.15, 0.2) is 12.2 Å². The fraction of sp³-hybridized carbons (Fsp3) is 0.458. The Labute approximate surface area is 405 Å². The topological polar surface area (TPSA) is 100 Å². The first-order valence-electron chi connectivity index (χ1n) is 25.8. The number of likely N-dealkylation sites (tertiary alicyclic amines) is 2. The molecule has 2 spiro atoms. The number of nitrogens with one attached hydrogen (secondary N) is 1. The molecule has 4 bridgehead atoms. The number of likely N-dealkylation sites (N-methyl/N-ethyl adjacent to an activating group) is 2. The summed E-state index contributed by atoms with van der Waals surface area (Å²) in [7, 11) is 6.49. The van der Waals surface area contributed by atoms with Crippen LogP contribution in [0.4, 0.5) is 11.4 Å². The van der Waals surface area contributed by atoms with Crippen molar-refractivity contribution in [1.29, 1.82) is 0 Å². The van der Waals surface area contributed by atoms with Crippen LogP contribution in [0.2, 0.25) is 0 Å². The number of pyridine rings is 2. The quantitative estimate of drug-likeness (QED) is 0.161. The molecule has 0 unspecified atom stereocenters. The van der Waals surface area contributed by atoms with Gasteiger partial charge in [-0.05, 0) is 126 Å². The summed E-state index contributed by atoms with van der Waals surface area (Å²) in [6, 6.07) is 21.8. The number of rotatable bonds is 0. The summed E-state index contributed by atoms with van der Waals surface area (Å²) in [4.78, 5) is 43.4. The fourth-order valence-corrected chi connectivity index (χ4v) is 16.5. The molecule has 10 heteroatoms. The number of ether oxygens (including phenoxy) is 2. The second-order valence-electron chi connectivity index (χ2n) is 21.9. The SMILES string of the molecule is CC.CC.Cc1ccc2c3c1O[C@H]1c4nc5cccc6c5c(c4C[C@@]4(C)[C@@H](C2)N(C)CC[C@]314)N(C)C6=O.Cc1ccc2c3c1O[C@H]1c4nc5cccc6c5c(c4C[C@@]4(C)[C@@H](C2)N(C)CC[C@]314)NC6=O. The summed E-state index contributed by atoms with van der Waals surface area (Å²) >= 11 is 0. The molecule has 2 fully saturated rings. The zero-order chi connectivity index (χ0) is 48.0. The molecule has 6 aliphatic heterocycles. The molecule has 10 aliphatic rings. The zero-order valence-corrected chi connectivity index (χ0v) is 42.1. The van der Waals surface area contributed by atoms with E-state index in [1.807, 2.05) is 70.0 Å². The van der Waals surface area contributed by atoms with E-state index in [-0.39, 0.29) is 45.7 Å². The number of carbonyl (C=O) groups excluding carboxylic acids is 2. The molecule has 6 aromatic rings. The molecule has 2 aromatic heterocycles. The van der Waals surface area contributed by atoms with E-state index in [2.05, 4.69) is 87.2 Å². The van der Waals surface area contributed by atoms with E-state index in [4.69, 9.17) is 19.4 Å². The molecule has 0 saturated carbocycles. The Balaban J connectivity index is 0.000000127. The normalized spacial score (nSPS) is 31.1. The van der Waals surface area contributed by atoms with E-state index in [1.54, 1.807) is 0 Å². The smallest absolute Gasteiger partial charge is 0.258 e. The highest BCUT2D eigenvalue weighted by Crippen LogP contribution is 2.73. The van der Waals surface area contributed by atoms with Crippen LogP contribution in [0.3, 0.4) is 0 Å². The van der Waals surface area contributed by atoms with Gasteiger partial charge in [0, 0.05) is 63.0 Å². The highest BCUT2D eigenvalue weighted by Gasteiger charge is 2.72. The first-order valence-corrected chi connectivity index (χ1v) is 25.8. The highest BCUT2D eigenvalue weighted by molar-refractivity contribution is 6.25. The number of hydrogen-bond donors (Lipinski definition) is 1.